The number of carbonyl (C=O) groups is 2. The van der Waals surface area contributed by atoms with Gasteiger partial charge in [0, 0.05) is 18.8 Å². The van der Waals surface area contributed by atoms with Gasteiger partial charge in [-0.05, 0) is 51.0 Å². The number of carbonyl (C=O) groups excluding carboxylic acids is 2. The smallest absolute Gasteiger partial charge is 0.418 e. The third-order valence-electron chi connectivity index (χ3n) is 6.07. The molecule has 1 aliphatic rings. The van der Waals surface area contributed by atoms with E-state index in [9.17, 15) is 22.8 Å². The van der Waals surface area contributed by atoms with Gasteiger partial charge in [-0.15, -0.1) is 0 Å². The number of Topliss-reactive ketones (excluding diaryl/α,β-unsaturated/α-hetero) is 1. The Bertz CT molecular complexity index is 1270. The standard InChI is InChI=1S/C26H26F3N5O3/c1-3-37-24-32-12-17(13-33-24)22(35)11-25(8-9-25)23(36)31-14-18-5-6-19(15-30-18)34-21-7-4-16(2)10-20(21)26(27,28)29/h4-7,10,12-13,15,34H,3,8-9,11,14H2,1-2H3,(H,31,36). The molecule has 2 N–H and O–H groups in total. The highest BCUT2D eigenvalue weighted by atomic mass is 19.4. The number of halogens is 3. The molecule has 1 amide bonds. The first-order chi connectivity index (χ1) is 17.6. The van der Waals surface area contributed by atoms with Crippen molar-refractivity contribution in [3.63, 3.8) is 0 Å². The minimum atomic E-state index is -4.49. The molecule has 0 unspecified atom stereocenters. The maximum atomic E-state index is 13.4. The number of amides is 1. The largest absolute Gasteiger partial charge is 0.464 e. The molecule has 8 nitrogen and oxygen atoms in total. The number of pyridine rings is 1. The molecule has 1 aromatic carbocycles. The lowest BCUT2D eigenvalue weighted by Crippen LogP contribution is -2.33. The fourth-order valence-corrected chi connectivity index (χ4v) is 3.83. The van der Waals surface area contributed by atoms with Crippen LogP contribution in [0.2, 0.25) is 0 Å². The summed E-state index contributed by atoms with van der Waals surface area (Å²) >= 11 is 0. The number of hydrogen-bond acceptors (Lipinski definition) is 7. The van der Waals surface area contributed by atoms with Crippen LogP contribution in [0, 0.1) is 12.3 Å². The van der Waals surface area contributed by atoms with E-state index in [2.05, 4.69) is 25.6 Å². The average Bonchev–Trinajstić information content (AvgIpc) is 3.65. The van der Waals surface area contributed by atoms with E-state index < -0.39 is 17.2 Å². The summed E-state index contributed by atoms with van der Waals surface area (Å²) in [5.41, 5.74) is 0.132. The molecule has 194 valence electrons. The number of nitrogens with zero attached hydrogens (tertiary/aromatic N) is 3. The van der Waals surface area contributed by atoms with Crippen LogP contribution >= 0.6 is 0 Å². The number of ketones is 1. The van der Waals surface area contributed by atoms with Crippen molar-refractivity contribution in [3.8, 4) is 6.01 Å². The van der Waals surface area contributed by atoms with Crippen LogP contribution in [0.1, 0.15) is 53.4 Å². The summed E-state index contributed by atoms with van der Waals surface area (Å²) in [7, 11) is 0. The van der Waals surface area contributed by atoms with Crippen molar-refractivity contribution < 1.29 is 27.5 Å². The molecule has 0 atom stereocenters. The predicted octanol–water partition coefficient (Wildman–Crippen LogP) is 5.01. The second-order valence-corrected chi connectivity index (χ2v) is 8.96. The Labute approximate surface area is 211 Å². The lowest BCUT2D eigenvalue weighted by molar-refractivity contribution is -0.137. The Morgan fingerprint density at radius 2 is 1.78 bits per heavy atom. The number of aromatic nitrogens is 3. The highest BCUT2D eigenvalue weighted by Gasteiger charge is 2.51. The van der Waals surface area contributed by atoms with Gasteiger partial charge in [0.25, 0.3) is 0 Å². The van der Waals surface area contributed by atoms with Gasteiger partial charge in [0.15, 0.2) is 5.78 Å². The molecule has 0 radical (unpaired) electrons. The van der Waals surface area contributed by atoms with Crippen LogP contribution in [0.4, 0.5) is 24.5 Å². The third-order valence-corrected chi connectivity index (χ3v) is 6.07. The van der Waals surface area contributed by atoms with Gasteiger partial charge in [-0.1, -0.05) is 11.6 Å². The van der Waals surface area contributed by atoms with Crippen molar-refractivity contribution in [2.24, 2.45) is 5.41 Å². The number of nitrogens with one attached hydrogen (secondary N) is 2. The highest BCUT2D eigenvalue weighted by Crippen LogP contribution is 2.49. The monoisotopic (exact) mass is 513 g/mol. The van der Waals surface area contributed by atoms with Crippen molar-refractivity contribution in [3.05, 3.63) is 71.3 Å². The molecule has 2 heterocycles. The molecule has 3 aromatic rings. The van der Waals surface area contributed by atoms with Crippen LogP contribution in [0.5, 0.6) is 6.01 Å². The number of alkyl halides is 3. The number of benzene rings is 1. The number of aryl methyl sites for hydroxylation is 1. The minimum absolute atomic E-state index is 0.0462. The number of hydrogen-bond donors (Lipinski definition) is 2. The number of anilines is 2. The fraction of sp³-hybridized carbons (Fsp3) is 0.346. The normalized spacial score (nSPS) is 14.1. The molecule has 4 rings (SSSR count). The molecule has 1 fully saturated rings. The topological polar surface area (TPSA) is 106 Å². The van der Waals surface area contributed by atoms with E-state index in [4.69, 9.17) is 4.74 Å². The molecule has 0 spiro atoms. The SMILES string of the molecule is CCOc1ncc(C(=O)CC2(C(=O)NCc3ccc(Nc4ccc(C)cc4C(F)(F)F)cn3)CC2)cn1. The summed E-state index contributed by atoms with van der Waals surface area (Å²) in [5.74, 6) is -0.468. The Kier molecular flexibility index (Phi) is 7.42. The van der Waals surface area contributed by atoms with Crippen molar-refractivity contribution in [1.82, 2.24) is 20.3 Å². The second kappa shape index (κ2) is 10.5. The quantitative estimate of drug-likeness (QED) is 0.367. The van der Waals surface area contributed by atoms with Gasteiger partial charge in [0.1, 0.15) is 0 Å². The summed E-state index contributed by atoms with van der Waals surface area (Å²) in [6.45, 7) is 3.94. The van der Waals surface area contributed by atoms with Crippen LogP contribution < -0.4 is 15.4 Å². The summed E-state index contributed by atoms with van der Waals surface area (Å²) in [6, 6.07) is 7.45. The Balaban J connectivity index is 1.33. The summed E-state index contributed by atoms with van der Waals surface area (Å²) in [6.07, 6.45) is 0.929. The van der Waals surface area contributed by atoms with Crippen molar-refractivity contribution in [2.75, 3.05) is 11.9 Å². The zero-order chi connectivity index (χ0) is 26.6. The Morgan fingerprint density at radius 3 is 2.38 bits per heavy atom. The molecule has 37 heavy (non-hydrogen) atoms. The van der Waals surface area contributed by atoms with E-state index in [0.717, 1.165) is 6.07 Å². The van der Waals surface area contributed by atoms with Crippen molar-refractivity contribution >= 4 is 23.1 Å². The average molecular weight is 514 g/mol. The van der Waals surface area contributed by atoms with Gasteiger partial charge in [0.05, 0.1) is 53.0 Å². The van der Waals surface area contributed by atoms with Crippen molar-refractivity contribution in [2.45, 2.75) is 45.8 Å². The molecule has 0 aliphatic heterocycles. The fourth-order valence-electron chi connectivity index (χ4n) is 3.83. The van der Waals surface area contributed by atoms with Gasteiger partial charge < -0.3 is 15.4 Å². The molecule has 1 aliphatic carbocycles. The molecule has 0 bridgehead atoms. The van der Waals surface area contributed by atoms with Gasteiger partial charge in [0.2, 0.25) is 5.91 Å². The molecular formula is C26H26F3N5O3. The predicted molar refractivity (Wildman–Crippen MR) is 129 cm³/mol. The summed E-state index contributed by atoms with van der Waals surface area (Å²) in [5, 5.41) is 5.57. The van der Waals surface area contributed by atoms with Crippen LogP contribution in [0.15, 0.2) is 48.9 Å². The minimum Gasteiger partial charge on any atom is -0.464 e. The van der Waals surface area contributed by atoms with E-state index >= 15 is 0 Å². The molecule has 2 aromatic heterocycles. The van der Waals surface area contributed by atoms with Crippen LogP contribution in [-0.4, -0.2) is 33.2 Å². The Hall–Kier alpha value is -4.02. The summed E-state index contributed by atoms with van der Waals surface area (Å²) < 4.78 is 45.3. The molecule has 11 heteroatoms. The number of ether oxygens (including phenoxy) is 1. The number of rotatable bonds is 10. The first kappa shape index (κ1) is 26.1. The lowest BCUT2D eigenvalue weighted by atomic mass is 9.96. The van der Waals surface area contributed by atoms with Gasteiger partial charge in [-0.2, -0.15) is 13.2 Å². The van der Waals surface area contributed by atoms with Gasteiger partial charge in [-0.3, -0.25) is 14.6 Å². The maximum Gasteiger partial charge on any atom is 0.418 e. The van der Waals surface area contributed by atoms with E-state index in [1.54, 1.807) is 32.0 Å². The third kappa shape index (κ3) is 6.41. The highest BCUT2D eigenvalue weighted by molar-refractivity contribution is 6.00. The zero-order valence-corrected chi connectivity index (χ0v) is 20.4. The maximum absolute atomic E-state index is 13.4. The van der Waals surface area contributed by atoms with Crippen LogP contribution in [0.3, 0.4) is 0 Å². The molecule has 0 saturated heterocycles. The van der Waals surface area contributed by atoms with E-state index in [1.807, 2.05) is 0 Å². The lowest BCUT2D eigenvalue weighted by Gasteiger charge is -2.16. The second-order valence-electron chi connectivity index (χ2n) is 8.96. The van der Waals surface area contributed by atoms with Crippen LogP contribution in [-0.2, 0) is 17.5 Å². The Morgan fingerprint density at radius 1 is 1.05 bits per heavy atom. The first-order valence-corrected chi connectivity index (χ1v) is 11.8. The van der Waals surface area contributed by atoms with Crippen LogP contribution in [0.25, 0.3) is 0 Å². The van der Waals surface area contributed by atoms with E-state index in [1.165, 1.54) is 24.7 Å². The molecular weight excluding hydrogens is 487 g/mol. The van der Waals surface area contributed by atoms with Crippen molar-refractivity contribution in [1.29, 1.82) is 0 Å². The van der Waals surface area contributed by atoms with E-state index in [0.29, 0.717) is 42.0 Å². The van der Waals surface area contributed by atoms with Gasteiger partial charge in [-0.25, -0.2) is 9.97 Å². The first-order valence-electron chi connectivity index (χ1n) is 11.8. The van der Waals surface area contributed by atoms with E-state index in [-0.39, 0.29) is 36.4 Å². The zero-order valence-electron chi connectivity index (χ0n) is 20.4. The summed E-state index contributed by atoms with van der Waals surface area (Å²) in [4.78, 5) is 37.7. The molecule has 1 saturated carbocycles. The van der Waals surface area contributed by atoms with Gasteiger partial charge >= 0.3 is 12.2 Å².